The van der Waals surface area contributed by atoms with Gasteiger partial charge in [-0.1, -0.05) is 42.0 Å². The fourth-order valence-corrected chi connectivity index (χ4v) is 3.87. The van der Waals surface area contributed by atoms with Crippen LogP contribution in [0.1, 0.15) is 5.56 Å². The van der Waals surface area contributed by atoms with Crippen LogP contribution in [0.15, 0.2) is 72.8 Å². The molecule has 7 nitrogen and oxygen atoms in total. The molecule has 5 aromatic rings. The Labute approximate surface area is 181 Å². The fourth-order valence-electron chi connectivity index (χ4n) is 3.87. The van der Waals surface area contributed by atoms with E-state index in [4.69, 9.17) is 0 Å². The minimum absolute atomic E-state index is 0.0811. The molecule has 0 aliphatic heterocycles. The number of nitro groups is 1. The van der Waals surface area contributed by atoms with Crippen LogP contribution >= 0.6 is 0 Å². The molecule has 0 saturated heterocycles. The van der Waals surface area contributed by atoms with Crippen LogP contribution in [-0.2, 0) is 0 Å². The van der Waals surface area contributed by atoms with Crippen molar-refractivity contribution in [3.8, 4) is 34.1 Å². The van der Waals surface area contributed by atoms with Gasteiger partial charge in [-0.25, -0.2) is 4.39 Å². The van der Waals surface area contributed by atoms with E-state index in [-0.39, 0.29) is 11.6 Å². The van der Waals surface area contributed by atoms with Crippen molar-refractivity contribution in [3.05, 3.63) is 94.3 Å². The average Bonchev–Trinajstić information content (AvgIpc) is 3.34. The first-order chi connectivity index (χ1) is 15.4. The molecule has 5 rings (SSSR count). The molecule has 0 aliphatic rings. The van der Waals surface area contributed by atoms with Gasteiger partial charge in [0.25, 0.3) is 5.69 Å². The molecule has 2 aromatic heterocycles. The number of fused-ring (bicyclic) bond motifs is 1. The number of aryl methyl sites for hydroxylation is 1. The molecule has 2 heterocycles. The number of nitro benzene ring substituents is 1. The Kier molecular flexibility index (Phi) is 4.48. The largest absolute Gasteiger partial charge is 0.493 e. The van der Waals surface area contributed by atoms with E-state index in [1.165, 1.54) is 36.4 Å². The van der Waals surface area contributed by atoms with Gasteiger partial charge >= 0.3 is 0 Å². The molecule has 0 radical (unpaired) electrons. The summed E-state index contributed by atoms with van der Waals surface area (Å²) in [5, 5.41) is 30.4. The van der Waals surface area contributed by atoms with Crippen LogP contribution in [0.5, 0.6) is 5.88 Å². The van der Waals surface area contributed by atoms with E-state index < -0.39 is 10.7 Å². The summed E-state index contributed by atoms with van der Waals surface area (Å²) in [5.74, 6) is -0.538. The molecule has 0 spiro atoms. The Bertz CT molecular complexity index is 1470. The number of hydrogen-bond acceptors (Lipinski definition) is 4. The Balaban J connectivity index is 1.87. The minimum atomic E-state index is -0.470. The number of non-ortho nitro benzene ring substituents is 1. The van der Waals surface area contributed by atoms with Gasteiger partial charge in [-0.05, 0) is 31.2 Å². The summed E-state index contributed by atoms with van der Waals surface area (Å²) in [6.45, 7) is 1.98. The molecule has 0 saturated carbocycles. The number of aromatic nitrogens is 3. The third-order valence-electron chi connectivity index (χ3n) is 5.40. The second-order valence-electron chi connectivity index (χ2n) is 7.48. The van der Waals surface area contributed by atoms with Crippen molar-refractivity contribution < 1.29 is 14.4 Å². The molecule has 32 heavy (non-hydrogen) atoms. The van der Waals surface area contributed by atoms with Crippen molar-refractivity contribution in [1.82, 2.24) is 14.8 Å². The highest BCUT2D eigenvalue weighted by Gasteiger charge is 2.26. The summed E-state index contributed by atoms with van der Waals surface area (Å²) in [6.07, 6.45) is 0. The number of nitrogens with zero attached hydrogens (tertiary/aromatic N) is 3. The summed E-state index contributed by atoms with van der Waals surface area (Å²) < 4.78 is 15.1. The second-order valence-corrected chi connectivity index (χ2v) is 7.48. The quantitative estimate of drug-likeness (QED) is 0.281. The zero-order chi connectivity index (χ0) is 22.4. The van der Waals surface area contributed by atoms with Crippen LogP contribution < -0.4 is 0 Å². The standard InChI is InChI=1S/C24H17FN4O3/c1-14-5-7-15(8-6-14)21-20-22(27-26-21)24(30)28(18-11-9-17(25)10-12-18)23(20)16-3-2-4-19(13-16)29(31)32/h2-13,27,30H,1H3. The predicted molar refractivity (Wildman–Crippen MR) is 119 cm³/mol. The molecule has 0 atom stereocenters. The van der Waals surface area contributed by atoms with Crippen molar-refractivity contribution in [3.63, 3.8) is 0 Å². The SMILES string of the molecule is Cc1ccc(-c2n[nH]c3c(O)n(-c4ccc(F)cc4)c(-c4cccc([N+](=O)[O-])c4)c23)cc1. The first kappa shape index (κ1) is 19.5. The third-order valence-corrected chi connectivity index (χ3v) is 5.40. The zero-order valence-corrected chi connectivity index (χ0v) is 16.9. The van der Waals surface area contributed by atoms with Gasteiger partial charge in [0.15, 0.2) is 0 Å². The highest BCUT2D eigenvalue weighted by atomic mass is 19.1. The molecule has 0 fully saturated rings. The van der Waals surface area contributed by atoms with Crippen LogP contribution in [0.2, 0.25) is 0 Å². The van der Waals surface area contributed by atoms with E-state index in [1.54, 1.807) is 16.7 Å². The van der Waals surface area contributed by atoms with Crippen LogP contribution in [-0.4, -0.2) is 24.8 Å². The van der Waals surface area contributed by atoms with Gasteiger partial charge in [-0.2, -0.15) is 5.10 Å². The van der Waals surface area contributed by atoms with Crippen LogP contribution in [0.4, 0.5) is 10.1 Å². The lowest BCUT2D eigenvalue weighted by molar-refractivity contribution is -0.384. The maximum atomic E-state index is 13.6. The lowest BCUT2D eigenvalue weighted by atomic mass is 10.0. The zero-order valence-electron chi connectivity index (χ0n) is 16.9. The predicted octanol–water partition coefficient (Wildman–Crippen LogP) is 5.75. The Morgan fingerprint density at radius 3 is 2.44 bits per heavy atom. The van der Waals surface area contributed by atoms with E-state index in [9.17, 15) is 19.6 Å². The maximum Gasteiger partial charge on any atom is 0.270 e. The second kappa shape index (κ2) is 7.35. The van der Waals surface area contributed by atoms with E-state index in [2.05, 4.69) is 10.2 Å². The summed E-state index contributed by atoms with van der Waals surface area (Å²) in [5.41, 5.74) is 4.34. The van der Waals surface area contributed by atoms with E-state index >= 15 is 0 Å². The minimum Gasteiger partial charge on any atom is -0.493 e. The van der Waals surface area contributed by atoms with Gasteiger partial charge in [-0.3, -0.25) is 19.8 Å². The van der Waals surface area contributed by atoms with Crippen LogP contribution in [0, 0.1) is 22.9 Å². The maximum absolute atomic E-state index is 13.6. The topological polar surface area (TPSA) is 97.0 Å². The van der Waals surface area contributed by atoms with E-state index in [1.807, 2.05) is 31.2 Å². The highest BCUT2D eigenvalue weighted by molar-refractivity contribution is 6.07. The summed E-state index contributed by atoms with van der Waals surface area (Å²) >= 11 is 0. The van der Waals surface area contributed by atoms with Crippen LogP contribution in [0.3, 0.4) is 0 Å². The van der Waals surface area contributed by atoms with Crippen molar-refractivity contribution in [2.45, 2.75) is 6.92 Å². The smallest absolute Gasteiger partial charge is 0.270 e. The number of aromatic amines is 1. The van der Waals surface area contributed by atoms with Crippen molar-refractivity contribution >= 4 is 16.6 Å². The van der Waals surface area contributed by atoms with Gasteiger partial charge in [0.2, 0.25) is 5.88 Å². The van der Waals surface area contributed by atoms with Crippen molar-refractivity contribution in [1.29, 1.82) is 0 Å². The molecule has 0 aliphatic carbocycles. The Morgan fingerprint density at radius 1 is 1.03 bits per heavy atom. The summed E-state index contributed by atoms with van der Waals surface area (Å²) in [7, 11) is 0. The van der Waals surface area contributed by atoms with Gasteiger partial charge in [0.1, 0.15) is 17.0 Å². The van der Waals surface area contributed by atoms with Crippen molar-refractivity contribution in [2.75, 3.05) is 0 Å². The molecule has 8 heteroatoms. The lowest BCUT2D eigenvalue weighted by Crippen LogP contribution is -1.98. The lowest BCUT2D eigenvalue weighted by Gasteiger charge is -2.12. The summed E-state index contributed by atoms with van der Waals surface area (Å²) in [4.78, 5) is 10.9. The number of rotatable bonds is 4. The molecular formula is C24H17FN4O3. The normalized spacial score (nSPS) is 11.2. The van der Waals surface area contributed by atoms with Crippen molar-refractivity contribution in [2.24, 2.45) is 0 Å². The first-order valence-corrected chi connectivity index (χ1v) is 9.83. The number of aromatic hydroxyl groups is 1. The number of benzene rings is 3. The third kappa shape index (κ3) is 3.09. The van der Waals surface area contributed by atoms with E-state index in [0.29, 0.717) is 33.5 Å². The number of halogens is 1. The Morgan fingerprint density at radius 2 is 1.75 bits per heavy atom. The number of H-pyrrole nitrogens is 1. The average molecular weight is 428 g/mol. The summed E-state index contributed by atoms with van der Waals surface area (Å²) in [6, 6.07) is 19.6. The number of nitrogens with one attached hydrogen (secondary N) is 1. The molecule has 0 bridgehead atoms. The molecule has 3 aromatic carbocycles. The van der Waals surface area contributed by atoms with Gasteiger partial charge in [0.05, 0.1) is 16.0 Å². The Hall–Kier alpha value is -4.46. The molecule has 0 unspecified atom stereocenters. The van der Waals surface area contributed by atoms with Gasteiger partial charge < -0.3 is 5.11 Å². The molecule has 0 amide bonds. The monoisotopic (exact) mass is 428 g/mol. The van der Waals surface area contributed by atoms with Gasteiger partial charge in [0, 0.05) is 28.9 Å². The van der Waals surface area contributed by atoms with Crippen LogP contribution in [0.25, 0.3) is 39.1 Å². The molecular weight excluding hydrogens is 411 g/mol. The molecule has 2 N–H and O–H groups in total. The highest BCUT2D eigenvalue weighted by Crippen LogP contribution is 2.44. The van der Waals surface area contributed by atoms with E-state index in [0.717, 1.165) is 11.1 Å². The first-order valence-electron chi connectivity index (χ1n) is 9.83. The number of hydrogen-bond donors (Lipinski definition) is 2. The molecule has 158 valence electrons. The van der Waals surface area contributed by atoms with Gasteiger partial charge in [-0.15, -0.1) is 0 Å². The fraction of sp³-hybridized carbons (Fsp3) is 0.0417.